The second-order valence-electron chi connectivity index (χ2n) is 13.4. The van der Waals surface area contributed by atoms with Gasteiger partial charge in [0.2, 0.25) is 23.5 Å². The standard InChI is InChI=1S/C39H36F5N5O5/c40-31-26(32(41)34(43)35(44)33(31)42)18-27(45)36(50)47-29(17-24-19-46-28-8-4-3-7-25(24)28)37(51)48-30(38(52)49-13-11-22(12-14-49)39(53)54)16-20-9-10-21-5-1-2-6-23(21)15-20/h1-10,15,19,22,27,29-30,46H,11-14,16-18,45H2,(H,47,50)(H,48,51)(H,53,54)/t27-,29+,30+/m0/s1. The van der Waals surface area contributed by atoms with Crippen LogP contribution in [0, 0.1) is 35.0 Å². The first kappa shape index (κ1) is 37.9. The summed E-state index contributed by atoms with van der Waals surface area (Å²) in [4.78, 5) is 57.8. The lowest BCUT2D eigenvalue weighted by atomic mass is 9.95. The molecule has 1 fully saturated rings. The number of carbonyl (C=O) groups is 4. The summed E-state index contributed by atoms with van der Waals surface area (Å²) in [5, 5.41) is 17.2. The van der Waals surface area contributed by atoms with E-state index in [9.17, 15) is 46.2 Å². The maximum absolute atomic E-state index is 14.5. The number of nitrogens with one attached hydrogen (secondary N) is 3. The Morgan fingerprint density at radius 2 is 1.37 bits per heavy atom. The molecule has 1 aromatic heterocycles. The predicted octanol–water partition coefficient (Wildman–Crippen LogP) is 4.66. The molecule has 10 nitrogen and oxygen atoms in total. The highest BCUT2D eigenvalue weighted by Crippen LogP contribution is 2.25. The van der Waals surface area contributed by atoms with Crippen molar-refractivity contribution < 1.29 is 46.2 Å². The first-order chi connectivity index (χ1) is 25.8. The summed E-state index contributed by atoms with van der Waals surface area (Å²) in [6, 6.07) is 15.8. The number of hydrogen-bond donors (Lipinski definition) is 5. The summed E-state index contributed by atoms with van der Waals surface area (Å²) >= 11 is 0. The molecule has 6 N–H and O–H groups in total. The molecule has 15 heteroatoms. The van der Waals surface area contributed by atoms with Crippen molar-refractivity contribution in [2.45, 2.75) is 50.2 Å². The number of aromatic amines is 1. The zero-order chi connectivity index (χ0) is 38.7. The average molecular weight is 750 g/mol. The number of nitrogens with two attached hydrogens (primary N) is 1. The van der Waals surface area contributed by atoms with Crippen LogP contribution < -0.4 is 16.4 Å². The van der Waals surface area contributed by atoms with E-state index in [1.54, 1.807) is 30.5 Å². The minimum Gasteiger partial charge on any atom is -0.481 e. The van der Waals surface area contributed by atoms with E-state index in [2.05, 4.69) is 15.6 Å². The van der Waals surface area contributed by atoms with Gasteiger partial charge in [0.15, 0.2) is 23.3 Å². The number of aromatic nitrogens is 1. The van der Waals surface area contributed by atoms with Gasteiger partial charge in [0.05, 0.1) is 12.0 Å². The lowest BCUT2D eigenvalue weighted by Gasteiger charge is -2.33. The van der Waals surface area contributed by atoms with Gasteiger partial charge in [-0.05, 0) is 40.8 Å². The fourth-order valence-corrected chi connectivity index (χ4v) is 6.79. The van der Waals surface area contributed by atoms with Crippen LogP contribution in [-0.4, -0.2) is 69.9 Å². The third-order valence-corrected chi connectivity index (χ3v) is 9.82. The fraction of sp³-hybridized carbons (Fsp3) is 0.282. The van der Waals surface area contributed by atoms with Gasteiger partial charge in [-0.2, -0.15) is 0 Å². The summed E-state index contributed by atoms with van der Waals surface area (Å²) in [6.45, 7) is 0.282. The number of likely N-dealkylation sites (tertiary alicyclic amines) is 1. The molecule has 0 saturated carbocycles. The Morgan fingerprint density at radius 3 is 2.06 bits per heavy atom. The second kappa shape index (κ2) is 16.0. The van der Waals surface area contributed by atoms with Crippen LogP contribution in [0.3, 0.4) is 0 Å². The Hall–Kier alpha value is -5.83. The summed E-state index contributed by atoms with van der Waals surface area (Å²) < 4.78 is 70.4. The highest BCUT2D eigenvalue weighted by atomic mass is 19.2. The molecule has 6 rings (SSSR count). The molecule has 0 bridgehead atoms. The van der Waals surface area contributed by atoms with E-state index in [1.807, 2.05) is 42.5 Å². The van der Waals surface area contributed by atoms with Gasteiger partial charge >= 0.3 is 5.97 Å². The van der Waals surface area contributed by atoms with Crippen molar-refractivity contribution in [1.82, 2.24) is 20.5 Å². The summed E-state index contributed by atoms with van der Waals surface area (Å²) in [6.07, 6.45) is 0.847. The van der Waals surface area contributed by atoms with E-state index >= 15 is 0 Å². The highest BCUT2D eigenvalue weighted by molar-refractivity contribution is 5.94. The molecule has 3 amide bonds. The Kier molecular flexibility index (Phi) is 11.3. The molecule has 3 atom stereocenters. The van der Waals surface area contributed by atoms with Crippen LogP contribution in [0.15, 0.2) is 72.9 Å². The lowest BCUT2D eigenvalue weighted by molar-refractivity contribution is -0.146. The maximum Gasteiger partial charge on any atom is 0.306 e. The van der Waals surface area contributed by atoms with Gasteiger partial charge in [0.25, 0.3) is 0 Å². The molecule has 1 aliphatic rings. The number of benzene rings is 4. The van der Waals surface area contributed by atoms with Gasteiger partial charge in [-0.15, -0.1) is 0 Å². The molecule has 282 valence electrons. The number of piperidine rings is 1. The van der Waals surface area contributed by atoms with Crippen LogP contribution in [-0.2, 0) is 38.4 Å². The molecule has 2 heterocycles. The van der Waals surface area contributed by atoms with Gasteiger partial charge in [0, 0.05) is 55.0 Å². The average Bonchev–Trinajstić information content (AvgIpc) is 3.59. The first-order valence-electron chi connectivity index (χ1n) is 17.2. The summed E-state index contributed by atoms with van der Waals surface area (Å²) in [5.41, 5.74) is 6.65. The van der Waals surface area contributed by atoms with Gasteiger partial charge < -0.3 is 31.4 Å². The molecule has 5 aromatic rings. The molecule has 1 aliphatic heterocycles. The number of hydrogen-bond acceptors (Lipinski definition) is 5. The zero-order valence-corrected chi connectivity index (χ0v) is 28.7. The minimum absolute atomic E-state index is 0.0295. The number of rotatable bonds is 12. The summed E-state index contributed by atoms with van der Waals surface area (Å²) in [5.74, 6) is -15.0. The van der Waals surface area contributed by atoms with E-state index in [4.69, 9.17) is 5.73 Å². The van der Waals surface area contributed by atoms with Crippen molar-refractivity contribution in [1.29, 1.82) is 0 Å². The largest absolute Gasteiger partial charge is 0.481 e. The number of H-pyrrole nitrogens is 1. The highest BCUT2D eigenvalue weighted by Gasteiger charge is 2.35. The third-order valence-electron chi connectivity index (χ3n) is 9.82. The number of carboxylic acid groups (broad SMARTS) is 1. The Balaban J connectivity index is 1.28. The van der Waals surface area contributed by atoms with Crippen molar-refractivity contribution in [2.24, 2.45) is 11.7 Å². The summed E-state index contributed by atoms with van der Waals surface area (Å²) in [7, 11) is 0. The molecule has 0 radical (unpaired) electrons. The van der Waals surface area contributed by atoms with Crippen molar-refractivity contribution in [3.8, 4) is 0 Å². The number of carboxylic acids is 1. The van der Waals surface area contributed by atoms with Crippen LogP contribution in [0.25, 0.3) is 21.7 Å². The number of fused-ring (bicyclic) bond motifs is 2. The van der Waals surface area contributed by atoms with Crippen LogP contribution >= 0.6 is 0 Å². The lowest BCUT2D eigenvalue weighted by Crippen LogP contribution is -2.58. The van der Waals surface area contributed by atoms with Crippen molar-refractivity contribution in [3.63, 3.8) is 0 Å². The van der Waals surface area contributed by atoms with Gasteiger partial charge in [-0.25, -0.2) is 22.0 Å². The predicted molar refractivity (Wildman–Crippen MR) is 188 cm³/mol. The van der Waals surface area contributed by atoms with E-state index in [0.717, 1.165) is 16.3 Å². The Labute approximate surface area is 305 Å². The second-order valence-corrected chi connectivity index (χ2v) is 13.4. The maximum atomic E-state index is 14.5. The Morgan fingerprint density at radius 1 is 0.759 bits per heavy atom. The van der Waals surface area contributed by atoms with E-state index in [1.165, 1.54) is 4.90 Å². The van der Waals surface area contributed by atoms with Crippen LogP contribution in [0.1, 0.15) is 29.5 Å². The molecule has 4 aromatic carbocycles. The topological polar surface area (TPSA) is 158 Å². The van der Waals surface area contributed by atoms with E-state index in [0.29, 0.717) is 16.5 Å². The van der Waals surface area contributed by atoms with Crippen molar-refractivity contribution in [3.05, 3.63) is 119 Å². The number of para-hydroxylation sites is 1. The normalized spacial score (nSPS) is 15.2. The van der Waals surface area contributed by atoms with E-state index < -0.39 is 88.8 Å². The SMILES string of the molecule is N[C@@H](Cc1c(F)c(F)c(F)c(F)c1F)C(=O)N[C@H](Cc1c[nH]c2ccccc12)C(=O)N[C@H](Cc1ccc2ccccc2c1)C(=O)N1CCC(C(=O)O)CC1. The molecule has 0 spiro atoms. The quantitative estimate of drug-likeness (QED) is 0.0710. The monoisotopic (exact) mass is 749 g/mol. The number of halogens is 5. The first-order valence-corrected chi connectivity index (χ1v) is 17.2. The fourth-order valence-electron chi connectivity index (χ4n) is 6.79. The van der Waals surface area contributed by atoms with Crippen LogP contribution in [0.2, 0.25) is 0 Å². The van der Waals surface area contributed by atoms with Gasteiger partial charge in [-0.3, -0.25) is 19.2 Å². The molecular formula is C39H36F5N5O5. The van der Waals surface area contributed by atoms with E-state index in [-0.39, 0.29) is 38.8 Å². The molecular weight excluding hydrogens is 713 g/mol. The molecule has 0 unspecified atom stereocenters. The minimum atomic E-state index is -2.36. The number of nitrogens with zero attached hydrogens (tertiary/aromatic N) is 1. The van der Waals surface area contributed by atoms with Gasteiger partial charge in [0.1, 0.15) is 12.1 Å². The van der Waals surface area contributed by atoms with Crippen LogP contribution in [0.5, 0.6) is 0 Å². The Bertz CT molecular complexity index is 2210. The van der Waals surface area contributed by atoms with Crippen molar-refractivity contribution >= 4 is 45.4 Å². The van der Waals surface area contributed by atoms with Gasteiger partial charge in [-0.1, -0.05) is 60.7 Å². The number of aliphatic carboxylic acids is 1. The number of amides is 3. The number of carbonyl (C=O) groups excluding carboxylic acids is 3. The zero-order valence-electron chi connectivity index (χ0n) is 28.7. The third kappa shape index (κ3) is 8.05. The molecule has 1 saturated heterocycles. The molecule has 54 heavy (non-hydrogen) atoms. The molecule has 0 aliphatic carbocycles. The van der Waals surface area contributed by atoms with Crippen LogP contribution in [0.4, 0.5) is 22.0 Å². The van der Waals surface area contributed by atoms with Crippen molar-refractivity contribution in [2.75, 3.05) is 13.1 Å². The smallest absolute Gasteiger partial charge is 0.306 e.